The van der Waals surface area contributed by atoms with Gasteiger partial charge in [0, 0.05) is 32.2 Å². The molecule has 2 aliphatic heterocycles. The minimum atomic E-state index is -0.305. The average molecular weight is 345 g/mol. The molecule has 2 aromatic rings. The Kier molecular flexibility index (Phi) is 4.53. The summed E-state index contributed by atoms with van der Waals surface area (Å²) in [6.07, 6.45) is 3.43. The number of benzene rings is 1. The van der Waals surface area contributed by atoms with E-state index < -0.39 is 0 Å². The Morgan fingerprint density at radius 3 is 2.48 bits per heavy atom. The molecule has 132 valence electrons. The molecule has 0 spiro atoms. The molecule has 0 N–H and O–H groups in total. The number of anilines is 1. The first-order valence-electron chi connectivity index (χ1n) is 8.70. The predicted octanol–water partition coefficient (Wildman–Crippen LogP) is 3.09. The molecule has 0 aliphatic carbocycles. The molecule has 2 saturated heterocycles. The largest absolute Gasteiger partial charge is 0.489 e. The van der Waals surface area contributed by atoms with E-state index in [4.69, 9.17) is 4.74 Å². The fraction of sp³-hybridized carbons (Fsp3) is 0.421. The van der Waals surface area contributed by atoms with Crippen LogP contribution in [-0.2, 0) is 0 Å². The number of hydrogen-bond donors (Lipinski definition) is 0. The van der Waals surface area contributed by atoms with Crippen molar-refractivity contribution in [2.45, 2.75) is 25.0 Å². The maximum atomic E-state index is 13.0. The molecular formula is C19H21F2N3O. The quantitative estimate of drug-likeness (QED) is 0.855. The average Bonchev–Trinajstić information content (AvgIpc) is 2.64. The van der Waals surface area contributed by atoms with Crippen LogP contribution in [0.15, 0.2) is 42.6 Å². The summed E-state index contributed by atoms with van der Waals surface area (Å²) in [5.74, 6) is 1.01. The van der Waals surface area contributed by atoms with Gasteiger partial charge in [0.05, 0.1) is 6.20 Å². The molecule has 1 aromatic heterocycles. The van der Waals surface area contributed by atoms with E-state index in [0.717, 1.165) is 50.6 Å². The van der Waals surface area contributed by atoms with Crippen LogP contribution < -0.4 is 9.64 Å². The number of pyridine rings is 1. The molecule has 2 unspecified atom stereocenters. The molecule has 0 amide bonds. The Balaban J connectivity index is 1.35. The first kappa shape index (κ1) is 16.3. The third kappa shape index (κ3) is 3.74. The molecule has 3 heterocycles. The van der Waals surface area contributed by atoms with Gasteiger partial charge in [-0.15, -0.1) is 0 Å². The summed E-state index contributed by atoms with van der Waals surface area (Å²) in [6.45, 7) is 3.60. The van der Waals surface area contributed by atoms with Crippen molar-refractivity contribution in [3.63, 3.8) is 0 Å². The molecule has 4 rings (SSSR count). The second-order valence-corrected chi connectivity index (χ2v) is 6.70. The van der Waals surface area contributed by atoms with Crippen LogP contribution >= 0.6 is 0 Å². The van der Waals surface area contributed by atoms with Crippen molar-refractivity contribution in [3.8, 4) is 5.75 Å². The van der Waals surface area contributed by atoms with Gasteiger partial charge in [-0.25, -0.2) is 13.8 Å². The zero-order valence-corrected chi connectivity index (χ0v) is 13.9. The van der Waals surface area contributed by atoms with Gasteiger partial charge in [0.1, 0.15) is 29.3 Å². The lowest BCUT2D eigenvalue weighted by Gasteiger charge is -2.46. The van der Waals surface area contributed by atoms with Crippen LogP contribution in [0.2, 0.25) is 0 Å². The van der Waals surface area contributed by atoms with Crippen LogP contribution in [0.25, 0.3) is 0 Å². The Morgan fingerprint density at radius 1 is 0.920 bits per heavy atom. The molecule has 4 nitrogen and oxygen atoms in total. The van der Waals surface area contributed by atoms with Gasteiger partial charge in [-0.3, -0.25) is 4.90 Å². The summed E-state index contributed by atoms with van der Waals surface area (Å²) in [7, 11) is 0. The Hall–Kier alpha value is -2.21. The lowest BCUT2D eigenvalue weighted by molar-refractivity contribution is 0.0431. The van der Waals surface area contributed by atoms with Crippen LogP contribution in [0.4, 0.5) is 14.6 Å². The normalized spacial score (nSPS) is 24.0. The maximum absolute atomic E-state index is 13.0. The first-order valence-corrected chi connectivity index (χ1v) is 8.70. The summed E-state index contributed by atoms with van der Waals surface area (Å²) >= 11 is 0. The molecule has 1 aromatic carbocycles. The van der Waals surface area contributed by atoms with E-state index in [9.17, 15) is 8.78 Å². The Labute approximate surface area is 146 Å². The minimum absolute atomic E-state index is 0.136. The van der Waals surface area contributed by atoms with E-state index in [-0.39, 0.29) is 17.7 Å². The highest BCUT2D eigenvalue weighted by Crippen LogP contribution is 2.26. The molecule has 25 heavy (non-hydrogen) atoms. The zero-order chi connectivity index (χ0) is 17.2. The smallest absolute Gasteiger partial charge is 0.141 e. The number of nitrogens with zero attached hydrogens (tertiary/aromatic N) is 3. The second kappa shape index (κ2) is 6.96. The van der Waals surface area contributed by atoms with Crippen molar-refractivity contribution in [3.05, 3.63) is 54.2 Å². The molecule has 6 heteroatoms. The van der Waals surface area contributed by atoms with Crippen molar-refractivity contribution in [2.75, 3.05) is 31.1 Å². The van der Waals surface area contributed by atoms with Crippen molar-refractivity contribution in [1.29, 1.82) is 0 Å². The Morgan fingerprint density at radius 2 is 1.72 bits per heavy atom. The van der Waals surface area contributed by atoms with E-state index in [0.29, 0.717) is 6.04 Å². The van der Waals surface area contributed by atoms with E-state index >= 15 is 0 Å². The highest BCUT2D eigenvalue weighted by atomic mass is 19.1. The summed E-state index contributed by atoms with van der Waals surface area (Å²) in [5, 5.41) is 0. The number of ether oxygens (including phenoxy) is 1. The first-order chi connectivity index (χ1) is 12.2. The highest BCUT2D eigenvalue weighted by Gasteiger charge is 2.34. The highest BCUT2D eigenvalue weighted by molar-refractivity contribution is 5.39. The van der Waals surface area contributed by atoms with Crippen LogP contribution in [0.1, 0.15) is 12.8 Å². The van der Waals surface area contributed by atoms with Gasteiger partial charge in [-0.05, 0) is 49.2 Å². The summed E-state index contributed by atoms with van der Waals surface area (Å²) in [6, 6.07) is 9.88. The number of rotatable bonds is 3. The molecular weight excluding hydrogens is 324 g/mol. The topological polar surface area (TPSA) is 28.6 Å². The minimum Gasteiger partial charge on any atom is -0.489 e. The third-order valence-electron chi connectivity index (χ3n) is 5.02. The van der Waals surface area contributed by atoms with Crippen LogP contribution in [0.5, 0.6) is 5.75 Å². The molecule has 0 radical (unpaired) electrons. The fourth-order valence-corrected chi connectivity index (χ4v) is 3.70. The van der Waals surface area contributed by atoms with Gasteiger partial charge >= 0.3 is 0 Å². The lowest BCUT2D eigenvalue weighted by atomic mass is 9.97. The lowest BCUT2D eigenvalue weighted by Crippen LogP contribution is -2.58. The third-order valence-corrected chi connectivity index (χ3v) is 5.02. The predicted molar refractivity (Wildman–Crippen MR) is 91.8 cm³/mol. The number of hydrogen-bond acceptors (Lipinski definition) is 4. The summed E-state index contributed by atoms with van der Waals surface area (Å²) in [4.78, 5) is 8.87. The van der Waals surface area contributed by atoms with Crippen LogP contribution in [0, 0.1) is 11.6 Å². The van der Waals surface area contributed by atoms with Crippen molar-refractivity contribution in [1.82, 2.24) is 9.88 Å². The number of piperazine rings is 1. The van der Waals surface area contributed by atoms with Gasteiger partial charge in [0.25, 0.3) is 0 Å². The van der Waals surface area contributed by atoms with Crippen LogP contribution in [0.3, 0.4) is 0 Å². The van der Waals surface area contributed by atoms with Crippen molar-refractivity contribution >= 4 is 5.82 Å². The van der Waals surface area contributed by atoms with Gasteiger partial charge in [-0.1, -0.05) is 0 Å². The van der Waals surface area contributed by atoms with Crippen molar-refractivity contribution < 1.29 is 13.5 Å². The van der Waals surface area contributed by atoms with Gasteiger partial charge in [-0.2, -0.15) is 0 Å². The second-order valence-electron chi connectivity index (χ2n) is 6.70. The molecule has 0 bridgehead atoms. The molecule has 2 fully saturated rings. The number of fused-ring (bicyclic) bond motifs is 1. The van der Waals surface area contributed by atoms with Gasteiger partial charge < -0.3 is 9.64 Å². The molecule has 2 atom stereocenters. The monoisotopic (exact) mass is 345 g/mol. The van der Waals surface area contributed by atoms with E-state index in [1.807, 2.05) is 0 Å². The Bertz CT molecular complexity index is 708. The van der Waals surface area contributed by atoms with Gasteiger partial charge in [0.15, 0.2) is 0 Å². The zero-order valence-electron chi connectivity index (χ0n) is 13.9. The summed E-state index contributed by atoms with van der Waals surface area (Å²) < 4.78 is 32.0. The van der Waals surface area contributed by atoms with E-state index in [2.05, 4.69) is 14.8 Å². The van der Waals surface area contributed by atoms with Gasteiger partial charge in [0.2, 0.25) is 0 Å². The fourth-order valence-electron chi connectivity index (χ4n) is 3.70. The number of piperidine rings is 1. The summed E-state index contributed by atoms with van der Waals surface area (Å²) in [5.41, 5.74) is 0. The van der Waals surface area contributed by atoms with Crippen molar-refractivity contribution in [2.24, 2.45) is 0 Å². The van der Waals surface area contributed by atoms with E-state index in [1.54, 1.807) is 18.2 Å². The number of halogens is 2. The number of aromatic nitrogens is 1. The SMILES string of the molecule is Fc1ccc(OC2CCC3CN(c4ccc(F)cn4)CCN3C2)cc1. The van der Waals surface area contributed by atoms with E-state index in [1.165, 1.54) is 24.4 Å². The maximum Gasteiger partial charge on any atom is 0.141 e. The molecule has 0 saturated carbocycles. The standard InChI is InChI=1S/C19H21F2N3O/c20-14-1-5-17(6-2-14)25-18-7-4-16-12-24(10-9-23(16)13-18)19-8-3-15(21)11-22-19/h1-3,5-6,8,11,16,18H,4,7,9-10,12-13H2. The van der Waals surface area contributed by atoms with Crippen LogP contribution in [-0.4, -0.2) is 48.2 Å². The molecule has 2 aliphatic rings.